The SMILES string of the molecule is CC(C)(C)C(OC(N)=O)[C@@H](CCCc1ccc(O)cc1)OC(N)=O. The summed E-state index contributed by atoms with van der Waals surface area (Å²) in [5.74, 6) is 0.205. The van der Waals surface area contributed by atoms with Crippen molar-refractivity contribution in [2.75, 3.05) is 0 Å². The van der Waals surface area contributed by atoms with Crippen LogP contribution < -0.4 is 11.5 Å². The monoisotopic (exact) mass is 338 g/mol. The molecule has 134 valence electrons. The van der Waals surface area contributed by atoms with Crippen LogP contribution in [0.3, 0.4) is 0 Å². The van der Waals surface area contributed by atoms with Gasteiger partial charge in [-0.25, -0.2) is 9.59 Å². The molecule has 0 aliphatic rings. The van der Waals surface area contributed by atoms with Crippen LogP contribution in [0.4, 0.5) is 9.59 Å². The summed E-state index contributed by atoms with van der Waals surface area (Å²) < 4.78 is 10.3. The molecule has 1 rings (SSSR count). The van der Waals surface area contributed by atoms with Crippen molar-refractivity contribution in [1.82, 2.24) is 0 Å². The topological polar surface area (TPSA) is 125 Å². The molecule has 0 spiro atoms. The molecule has 0 heterocycles. The molecule has 2 atom stereocenters. The van der Waals surface area contributed by atoms with Crippen LogP contribution in [0.15, 0.2) is 24.3 Å². The van der Waals surface area contributed by atoms with Crippen LogP contribution in [0, 0.1) is 5.41 Å². The second kappa shape index (κ2) is 8.42. The highest BCUT2D eigenvalue weighted by molar-refractivity contribution is 5.66. The molecule has 0 saturated heterocycles. The molecule has 0 saturated carbocycles. The zero-order valence-corrected chi connectivity index (χ0v) is 14.3. The first-order valence-electron chi connectivity index (χ1n) is 7.79. The number of amides is 2. The Kier molecular flexibility index (Phi) is 6.88. The number of benzene rings is 1. The Morgan fingerprint density at radius 1 is 1.08 bits per heavy atom. The molecule has 1 unspecified atom stereocenters. The number of rotatable bonds is 7. The molecule has 1 aromatic carbocycles. The maximum absolute atomic E-state index is 11.2. The highest BCUT2D eigenvalue weighted by Gasteiger charge is 2.37. The Labute approximate surface area is 141 Å². The summed E-state index contributed by atoms with van der Waals surface area (Å²) in [6.45, 7) is 5.58. The lowest BCUT2D eigenvalue weighted by Gasteiger charge is -2.35. The molecule has 0 aromatic heterocycles. The van der Waals surface area contributed by atoms with E-state index in [9.17, 15) is 14.7 Å². The van der Waals surface area contributed by atoms with Crippen molar-refractivity contribution in [3.8, 4) is 5.75 Å². The van der Waals surface area contributed by atoms with E-state index in [1.54, 1.807) is 12.1 Å². The third kappa shape index (κ3) is 6.76. The van der Waals surface area contributed by atoms with E-state index in [1.165, 1.54) is 0 Å². The fourth-order valence-corrected chi connectivity index (χ4v) is 2.53. The Bertz CT molecular complexity index is 551. The number of carbonyl (C=O) groups excluding carboxylic acids is 2. The van der Waals surface area contributed by atoms with E-state index < -0.39 is 29.8 Å². The number of primary amides is 2. The fourth-order valence-electron chi connectivity index (χ4n) is 2.53. The number of hydrogen-bond donors (Lipinski definition) is 3. The van der Waals surface area contributed by atoms with Gasteiger partial charge in [-0.3, -0.25) is 0 Å². The van der Waals surface area contributed by atoms with Gasteiger partial charge in [-0.15, -0.1) is 0 Å². The van der Waals surface area contributed by atoms with Gasteiger partial charge in [-0.1, -0.05) is 32.9 Å². The molecular formula is C17H26N2O5. The van der Waals surface area contributed by atoms with Gasteiger partial charge in [0, 0.05) is 5.41 Å². The average Bonchev–Trinajstić information content (AvgIpc) is 2.44. The van der Waals surface area contributed by atoms with Crippen LogP contribution in [0.25, 0.3) is 0 Å². The molecular weight excluding hydrogens is 312 g/mol. The summed E-state index contributed by atoms with van der Waals surface area (Å²) in [5, 5.41) is 9.28. The Morgan fingerprint density at radius 3 is 2.08 bits per heavy atom. The maximum Gasteiger partial charge on any atom is 0.404 e. The Hall–Kier alpha value is -2.44. The third-order valence-corrected chi connectivity index (χ3v) is 3.59. The summed E-state index contributed by atoms with van der Waals surface area (Å²) in [6, 6.07) is 6.86. The number of nitrogens with two attached hydrogens (primary N) is 2. The highest BCUT2D eigenvalue weighted by atomic mass is 16.6. The van der Waals surface area contributed by atoms with Gasteiger partial charge in [0.2, 0.25) is 0 Å². The van der Waals surface area contributed by atoms with Crippen LogP contribution in [0.2, 0.25) is 0 Å². The molecule has 0 aliphatic carbocycles. The minimum absolute atomic E-state index is 0.205. The van der Waals surface area contributed by atoms with Gasteiger partial charge in [0.25, 0.3) is 0 Å². The summed E-state index contributed by atoms with van der Waals surface area (Å²) in [4.78, 5) is 22.4. The predicted molar refractivity (Wildman–Crippen MR) is 89.4 cm³/mol. The number of phenols is 1. The van der Waals surface area contributed by atoms with Crippen molar-refractivity contribution in [2.45, 2.75) is 52.2 Å². The average molecular weight is 338 g/mol. The van der Waals surface area contributed by atoms with Gasteiger partial charge in [0.05, 0.1) is 0 Å². The quantitative estimate of drug-likeness (QED) is 0.705. The van der Waals surface area contributed by atoms with E-state index >= 15 is 0 Å². The molecule has 0 aliphatic heterocycles. The van der Waals surface area contributed by atoms with Gasteiger partial charge in [0.15, 0.2) is 0 Å². The number of aromatic hydroxyl groups is 1. The molecule has 7 nitrogen and oxygen atoms in total. The second-order valence-corrected chi connectivity index (χ2v) is 6.76. The Balaban J connectivity index is 2.76. The molecule has 5 N–H and O–H groups in total. The fraction of sp³-hybridized carbons (Fsp3) is 0.529. The number of ether oxygens (including phenoxy) is 2. The number of hydrogen-bond acceptors (Lipinski definition) is 5. The highest BCUT2D eigenvalue weighted by Crippen LogP contribution is 2.29. The van der Waals surface area contributed by atoms with Crippen LogP contribution in [0.1, 0.15) is 39.2 Å². The van der Waals surface area contributed by atoms with Crippen molar-refractivity contribution >= 4 is 12.2 Å². The van der Waals surface area contributed by atoms with Gasteiger partial charge in [-0.05, 0) is 37.0 Å². The first-order chi connectivity index (χ1) is 11.1. The zero-order valence-electron chi connectivity index (χ0n) is 14.3. The van der Waals surface area contributed by atoms with E-state index in [0.29, 0.717) is 19.3 Å². The zero-order chi connectivity index (χ0) is 18.3. The summed E-state index contributed by atoms with van der Waals surface area (Å²) in [5.41, 5.74) is 10.8. The first-order valence-corrected chi connectivity index (χ1v) is 7.79. The normalized spacial score (nSPS) is 13.8. The molecule has 0 bridgehead atoms. The minimum atomic E-state index is -0.925. The number of carbonyl (C=O) groups is 2. The van der Waals surface area contributed by atoms with Gasteiger partial charge in [-0.2, -0.15) is 0 Å². The number of phenolic OH excluding ortho intramolecular Hbond substituents is 1. The van der Waals surface area contributed by atoms with Crippen molar-refractivity contribution in [3.05, 3.63) is 29.8 Å². The van der Waals surface area contributed by atoms with Crippen molar-refractivity contribution < 1.29 is 24.2 Å². The van der Waals surface area contributed by atoms with E-state index in [4.69, 9.17) is 20.9 Å². The maximum atomic E-state index is 11.2. The van der Waals surface area contributed by atoms with Crippen molar-refractivity contribution in [2.24, 2.45) is 16.9 Å². The molecule has 7 heteroatoms. The van der Waals surface area contributed by atoms with E-state index in [2.05, 4.69) is 0 Å². The largest absolute Gasteiger partial charge is 0.508 e. The lowest BCUT2D eigenvalue weighted by molar-refractivity contribution is -0.0581. The molecule has 2 amide bonds. The predicted octanol–water partition coefficient (Wildman–Crippen LogP) is 2.69. The lowest BCUT2D eigenvalue weighted by Crippen LogP contribution is -2.45. The Morgan fingerprint density at radius 2 is 1.62 bits per heavy atom. The molecule has 0 fully saturated rings. The van der Waals surface area contributed by atoms with Crippen molar-refractivity contribution in [3.63, 3.8) is 0 Å². The van der Waals surface area contributed by atoms with E-state index in [1.807, 2.05) is 32.9 Å². The van der Waals surface area contributed by atoms with Crippen LogP contribution in [0.5, 0.6) is 5.75 Å². The first kappa shape index (κ1) is 19.6. The standard InChI is InChI=1S/C17H26N2O5/c1-17(2,3)14(24-16(19)22)13(23-15(18)21)6-4-5-11-7-9-12(20)10-8-11/h7-10,13-14,20H,4-6H2,1-3H3,(H2,18,21)(H2,19,22)/t13-,14?/m1/s1. The van der Waals surface area contributed by atoms with Gasteiger partial charge >= 0.3 is 12.2 Å². The van der Waals surface area contributed by atoms with Crippen LogP contribution in [-0.2, 0) is 15.9 Å². The van der Waals surface area contributed by atoms with Gasteiger partial charge < -0.3 is 26.0 Å². The van der Waals surface area contributed by atoms with E-state index in [-0.39, 0.29) is 5.75 Å². The smallest absolute Gasteiger partial charge is 0.404 e. The second-order valence-electron chi connectivity index (χ2n) is 6.76. The summed E-state index contributed by atoms with van der Waals surface area (Å²) >= 11 is 0. The minimum Gasteiger partial charge on any atom is -0.508 e. The van der Waals surface area contributed by atoms with E-state index in [0.717, 1.165) is 5.56 Å². The lowest BCUT2D eigenvalue weighted by atomic mass is 9.84. The third-order valence-electron chi connectivity index (χ3n) is 3.59. The number of aryl methyl sites for hydroxylation is 1. The van der Waals surface area contributed by atoms with Crippen molar-refractivity contribution in [1.29, 1.82) is 0 Å². The summed E-state index contributed by atoms with van der Waals surface area (Å²) in [7, 11) is 0. The summed E-state index contributed by atoms with van der Waals surface area (Å²) in [6.07, 6.45) is -1.39. The van der Waals surface area contributed by atoms with Crippen LogP contribution >= 0.6 is 0 Å². The van der Waals surface area contributed by atoms with Crippen LogP contribution in [-0.4, -0.2) is 29.5 Å². The molecule has 1 aromatic rings. The molecule has 24 heavy (non-hydrogen) atoms. The molecule has 0 radical (unpaired) electrons. The van der Waals surface area contributed by atoms with Gasteiger partial charge in [0.1, 0.15) is 18.0 Å².